The SMILES string of the molecule is COc1ccc(NC(=O)CC(C)(C)C(=O)O)c(C)c1. The third-order valence-corrected chi connectivity index (χ3v) is 2.89. The summed E-state index contributed by atoms with van der Waals surface area (Å²) in [7, 11) is 1.57. The molecule has 0 aliphatic carbocycles. The minimum absolute atomic E-state index is 0.0756. The van der Waals surface area contributed by atoms with Crippen LogP contribution < -0.4 is 10.1 Å². The molecular formula is C14H19NO4. The van der Waals surface area contributed by atoms with E-state index >= 15 is 0 Å². The van der Waals surface area contributed by atoms with Gasteiger partial charge in [-0.05, 0) is 44.5 Å². The Kier molecular flexibility index (Phi) is 4.53. The van der Waals surface area contributed by atoms with Crippen molar-refractivity contribution in [2.24, 2.45) is 5.41 Å². The molecule has 2 N–H and O–H groups in total. The number of hydrogen-bond acceptors (Lipinski definition) is 3. The third-order valence-electron chi connectivity index (χ3n) is 2.89. The van der Waals surface area contributed by atoms with Crippen molar-refractivity contribution in [1.29, 1.82) is 0 Å². The zero-order chi connectivity index (χ0) is 14.6. The monoisotopic (exact) mass is 265 g/mol. The highest BCUT2D eigenvalue weighted by Gasteiger charge is 2.30. The third kappa shape index (κ3) is 3.98. The first-order chi connectivity index (χ1) is 8.76. The molecule has 5 nitrogen and oxygen atoms in total. The number of hydrogen-bond donors (Lipinski definition) is 2. The lowest BCUT2D eigenvalue weighted by atomic mass is 9.89. The van der Waals surface area contributed by atoms with Crippen molar-refractivity contribution in [2.75, 3.05) is 12.4 Å². The first-order valence-electron chi connectivity index (χ1n) is 5.94. The maximum atomic E-state index is 11.8. The fourth-order valence-corrected chi connectivity index (χ4v) is 1.57. The quantitative estimate of drug-likeness (QED) is 0.857. The zero-order valence-electron chi connectivity index (χ0n) is 11.6. The average molecular weight is 265 g/mol. The summed E-state index contributed by atoms with van der Waals surface area (Å²) in [5, 5.41) is 11.7. The molecule has 0 fully saturated rings. The number of ether oxygens (including phenoxy) is 1. The molecule has 0 radical (unpaired) electrons. The van der Waals surface area contributed by atoms with Gasteiger partial charge in [0.2, 0.25) is 5.91 Å². The van der Waals surface area contributed by atoms with E-state index in [2.05, 4.69) is 5.32 Å². The van der Waals surface area contributed by atoms with Gasteiger partial charge in [0.15, 0.2) is 0 Å². The van der Waals surface area contributed by atoms with Crippen LogP contribution in [-0.4, -0.2) is 24.1 Å². The van der Waals surface area contributed by atoms with Gasteiger partial charge in [0, 0.05) is 12.1 Å². The molecule has 0 heterocycles. The van der Waals surface area contributed by atoms with Gasteiger partial charge in [-0.1, -0.05) is 0 Å². The molecule has 0 spiro atoms. The lowest BCUT2D eigenvalue weighted by molar-refractivity contribution is -0.148. The van der Waals surface area contributed by atoms with Crippen molar-refractivity contribution in [3.8, 4) is 5.75 Å². The number of amides is 1. The normalized spacial score (nSPS) is 10.9. The molecule has 0 atom stereocenters. The standard InChI is InChI=1S/C14H19NO4/c1-9-7-10(19-4)5-6-11(9)15-12(16)8-14(2,3)13(17)18/h5-7H,8H2,1-4H3,(H,15,16)(H,17,18). The van der Waals surface area contributed by atoms with E-state index in [0.29, 0.717) is 11.4 Å². The molecule has 104 valence electrons. The van der Waals surface area contributed by atoms with Crippen molar-refractivity contribution in [2.45, 2.75) is 27.2 Å². The summed E-state index contributed by atoms with van der Waals surface area (Å²) in [4.78, 5) is 22.8. The largest absolute Gasteiger partial charge is 0.497 e. The van der Waals surface area contributed by atoms with Crippen LogP contribution in [0.2, 0.25) is 0 Å². The van der Waals surface area contributed by atoms with E-state index < -0.39 is 11.4 Å². The molecule has 1 aromatic rings. The van der Waals surface area contributed by atoms with Crippen LogP contribution in [0.5, 0.6) is 5.75 Å². The Hall–Kier alpha value is -2.04. The van der Waals surface area contributed by atoms with E-state index in [9.17, 15) is 9.59 Å². The maximum absolute atomic E-state index is 11.8. The Morgan fingerprint density at radius 2 is 2.00 bits per heavy atom. The summed E-state index contributed by atoms with van der Waals surface area (Å²) in [6, 6.07) is 5.28. The van der Waals surface area contributed by atoms with Crippen LogP contribution in [0.3, 0.4) is 0 Å². The Morgan fingerprint density at radius 1 is 1.37 bits per heavy atom. The van der Waals surface area contributed by atoms with Gasteiger partial charge >= 0.3 is 5.97 Å². The van der Waals surface area contributed by atoms with Crippen LogP contribution in [0.1, 0.15) is 25.8 Å². The topological polar surface area (TPSA) is 75.6 Å². The Morgan fingerprint density at radius 3 is 2.47 bits per heavy atom. The number of carbonyl (C=O) groups is 2. The number of carboxylic acid groups (broad SMARTS) is 1. The summed E-state index contributed by atoms with van der Waals surface area (Å²) in [6.07, 6.45) is -0.0756. The number of benzene rings is 1. The molecular weight excluding hydrogens is 246 g/mol. The number of methoxy groups -OCH3 is 1. The van der Waals surface area contributed by atoms with Gasteiger partial charge in [-0.15, -0.1) is 0 Å². The van der Waals surface area contributed by atoms with Gasteiger partial charge in [-0.3, -0.25) is 9.59 Å². The molecule has 0 aliphatic heterocycles. The van der Waals surface area contributed by atoms with Gasteiger partial charge in [-0.2, -0.15) is 0 Å². The van der Waals surface area contributed by atoms with Crippen LogP contribution in [0, 0.1) is 12.3 Å². The molecule has 0 aromatic heterocycles. The van der Waals surface area contributed by atoms with Gasteiger partial charge in [0.25, 0.3) is 0 Å². The molecule has 0 saturated heterocycles. The highest BCUT2D eigenvalue weighted by molar-refractivity contribution is 5.94. The molecule has 19 heavy (non-hydrogen) atoms. The molecule has 1 rings (SSSR count). The zero-order valence-corrected chi connectivity index (χ0v) is 11.6. The molecule has 0 unspecified atom stereocenters. The fourth-order valence-electron chi connectivity index (χ4n) is 1.57. The van der Waals surface area contributed by atoms with E-state index in [0.717, 1.165) is 5.56 Å². The second kappa shape index (κ2) is 5.73. The number of anilines is 1. The fraction of sp³-hybridized carbons (Fsp3) is 0.429. The minimum atomic E-state index is -1.08. The van der Waals surface area contributed by atoms with Gasteiger partial charge in [-0.25, -0.2) is 0 Å². The summed E-state index contributed by atoms with van der Waals surface area (Å²) in [5.74, 6) is -0.601. The molecule has 0 aliphatic rings. The molecule has 1 aromatic carbocycles. The van der Waals surface area contributed by atoms with Gasteiger partial charge in [0.1, 0.15) is 5.75 Å². The number of aliphatic carboxylic acids is 1. The smallest absolute Gasteiger partial charge is 0.309 e. The summed E-state index contributed by atoms with van der Waals surface area (Å²) in [5.41, 5.74) is 0.442. The molecule has 5 heteroatoms. The number of rotatable bonds is 5. The molecule has 0 bridgehead atoms. The van der Waals surface area contributed by atoms with E-state index in [1.165, 1.54) is 13.8 Å². The molecule has 0 saturated carbocycles. The van der Waals surface area contributed by atoms with E-state index in [1.54, 1.807) is 25.3 Å². The van der Waals surface area contributed by atoms with Crippen molar-refractivity contribution in [3.63, 3.8) is 0 Å². The summed E-state index contributed by atoms with van der Waals surface area (Å²) in [6.45, 7) is 4.89. The number of nitrogens with one attached hydrogen (secondary N) is 1. The summed E-state index contributed by atoms with van der Waals surface area (Å²) < 4.78 is 5.08. The van der Waals surface area contributed by atoms with Crippen LogP contribution >= 0.6 is 0 Å². The lowest BCUT2D eigenvalue weighted by Crippen LogP contribution is -2.29. The average Bonchev–Trinajstić information content (AvgIpc) is 2.30. The highest BCUT2D eigenvalue weighted by Crippen LogP contribution is 2.24. The Bertz CT molecular complexity index is 494. The second-order valence-electron chi connectivity index (χ2n) is 5.09. The van der Waals surface area contributed by atoms with Crippen molar-refractivity contribution in [3.05, 3.63) is 23.8 Å². The van der Waals surface area contributed by atoms with E-state index in [4.69, 9.17) is 9.84 Å². The van der Waals surface area contributed by atoms with Crippen LogP contribution in [0.4, 0.5) is 5.69 Å². The van der Waals surface area contributed by atoms with Crippen molar-refractivity contribution >= 4 is 17.6 Å². The van der Waals surface area contributed by atoms with E-state index in [1.807, 2.05) is 6.92 Å². The van der Waals surface area contributed by atoms with E-state index in [-0.39, 0.29) is 12.3 Å². The van der Waals surface area contributed by atoms with Crippen molar-refractivity contribution in [1.82, 2.24) is 0 Å². The first kappa shape index (κ1) is 15.0. The molecule has 1 amide bonds. The van der Waals surface area contributed by atoms with Crippen LogP contribution in [0.25, 0.3) is 0 Å². The first-order valence-corrected chi connectivity index (χ1v) is 5.94. The number of aryl methyl sites for hydroxylation is 1. The van der Waals surface area contributed by atoms with Crippen LogP contribution in [0.15, 0.2) is 18.2 Å². The highest BCUT2D eigenvalue weighted by atomic mass is 16.5. The second-order valence-corrected chi connectivity index (χ2v) is 5.09. The van der Waals surface area contributed by atoms with Crippen molar-refractivity contribution < 1.29 is 19.4 Å². The Balaban J connectivity index is 2.75. The van der Waals surface area contributed by atoms with Crippen LogP contribution in [-0.2, 0) is 9.59 Å². The lowest BCUT2D eigenvalue weighted by Gasteiger charge is -2.18. The predicted molar refractivity (Wildman–Crippen MR) is 72.4 cm³/mol. The summed E-state index contributed by atoms with van der Waals surface area (Å²) >= 11 is 0. The number of carboxylic acids is 1. The van der Waals surface area contributed by atoms with Gasteiger partial charge in [0.05, 0.1) is 12.5 Å². The minimum Gasteiger partial charge on any atom is -0.497 e. The number of carbonyl (C=O) groups excluding carboxylic acids is 1. The maximum Gasteiger partial charge on any atom is 0.309 e. The predicted octanol–water partition coefficient (Wildman–Crippen LogP) is 2.44. The van der Waals surface area contributed by atoms with Gasteiger partial charge < -0.3 is 15.2 Å². The Labute approximate surface area is 112 Å².